The highest BCUT2D eigenvalue weighted by Gasteiger charge is 2.20. The van der Waals surface area contributed by atoms with Crippen LogP contribution in [0.1, 0.15) is 5.56 Å². The van der Waals surface area contributed by atoms with E-state index in [0.717, 1.165) is 28.1 Å². The van der Waals surface area contributed by atoms with Crippen molar-refractivity contribution in [3.05, 3.63) is 60.2 Å². The summed E-state index contributed by atoms with van der Waals surface area (Å²) in [5.41, 5.74) is 1.79. The van der Waals surface area contributed by atoms with E-state index in [1.165, 1.54) is 16.2 Å². The van der Waals surface area contributed by atoms with Crippen LogP contribution in [-0.4, -0.2) is 45.2 Å². The van der Waals surface area contributed by atoms with E-state index in [4.69, 9.17) is 9.72 Å². The molecule has 1 N–H and O–H groups in total. The number of nitrogens with zero attached hydrogens (tertiary/aromatic N) is 2. The SMILES string of the molecule is COc1cccc2sc(N(CC[NH+](C)C)C(=O)/C=C/c3ccccc3)nc12. The fourth-order valence-corrected chi connectivity index (χ4v) is 3.66. The van der Waals surface area contributed by atoms with Crippen molar-refractivity contribution in [1.29, 1.82) is 0 Å². The number of para-hydroxylation sites is 1. The van der Waals surface area contributed by atoms with Gasteiger partial charge < -0.3 is 9.64 Å². The molecule has 0 radical (unpaired) electrons. The number of aromatic nitrogens is 1. The Labute approximate surface area is 163 Å². The monoisotopic (exact) mass is 382 g/mol. The summed E-state index contributed by atoms with van der Waals surface area (Å²) in [5.74, 6) is 0.651. The van der Waals surface area contributed by atoms with E-state index in [-0.39, 0.29) is 5.91 Å². The number of fused-ring (bicyclic) bond motifs is 1. The van der Waals surface area contributed by atoms with Crippen molar-refractivity contribution in [2.75, 3.05) is 39.2 Å². The molecule has 0 saturated carbocycles. The van der Waals surface area contributed by atoms with Crippen LogP contribution in [0.15, 0.2) is 54.6 Å². The molecule has 0 saturated heterocycles. The zero-order valence-electron chi connectivity index (χ0n) is 15.8. The van der Waals surface area contributed by atoms with Gasteiger partial charge in [0.05, 0.1) is 39.0 Å². The number of quaternary nitrogens is 1. The zero-order valence-corrected chi connectivity index (χ0v) is 16.6. The molecule has 1 heterocycles. The summed E-state index contributed by atoms with van der Waals surface area (Å²) < 4.78 is 6.41. The molecule has 1 aromatic heterocycles. The third-order valence-corrected chi connectivity index (χ3v) is 5.18. The Morgan fingerprint density at radius 2 is 1.96 bits per heavy atom. The van der Waals surface area contributed by atoms with Crippen LogP contribution >= 0.6 is 11.3 Å². The van der Waals surface area contributed by atoms with E-state index in [9.17, 15) is 4.79 Å². The second kappa shape index (κ2) is 8.79. The second-order valence-corrected chi connectivity index (χ2v) is 7.50. The first-order valence-corrected chi connectivity index (χ1v) is 9.67. The maximum atomic E-state index is 12.9. The van der Waals surface area contributed by atoms with E-state index in [0.29, 0.717) is 11.7 Å². The number of anilines is 1. The van der Waals surface area contributed by atoms with Crippen LogP contribution in [0.4, 0.5) is 5.13 Å². The largest absolute Gasteiger partial charge is 0.494 e. The maximum Gasteiger partial charge on any atom is 0.252 e. The summed E-state index contributed by atoms with van der Waals surface area (Å²) in [6, 6.07) is 15.6. The fourth-order valence-electron chi connectivity index (χ4n) is 2.65. The summed E-state index contributed by atoms with van der Waals surface area (Å²) in [6.45, 7) is 1.43. The number of rotatable bonds is 7. The first kappa shape index (κ1) is 19.1. The van der Waals surface area contributed by atoms with Crippen molar-refractivity contribution in [2.24, 2.45) is 0 Å². The lowest BCUT2D eigenvalue weighted by Gasteiger charge is -2.19. The van der Waals surface area contributed by atoms with Gasteiger partial charge in [0.1, 0.15) is 11.3 Å². The highest BCUT2D eigenvalue weighted by molar-refractivity contribution is 7.22. The average Bonchev–Trinajstić information content (AvgIpc) is 3.11. The average molecular weight is 383 g/mol. The lowest BCUT2D eigenvalue weighted by atomic mass is 10.2. The van der Waals surface area contributed by atoms with E-state index in [1.54, 1.807) is 18.1 Å². The number of carbonyl (C=O) groups excluding carboxylic acids is 1. The lowest BCUT2D eigenvalue weighted by Crippen LogP contribution is -3.06. The van der Waals surface area contributed by atoms with Gasteiger partial charge in [0.15, 0.2) is 5.13 Å². The first-order valence-electron chi connectivity index (χ1n) is 8.85. The normalized spacial score (nSPS) is 11.4. The highest BCUT2D eigenvalue weighted by atomic mass is 32.1. The van der Waals surface area contributed by atoms with Crippen molar-refractivity contribution in [2.45, 2.75) is 0 Å². The number of nitrogens with one attached hydrogen (secondary N) is 1. The summed E-state index contributed by atoms with van der Waals surface area (Å²) >= 11 is 1.51. The molecule has 0 fully saturated rings. The number of thiazole rings is 1. The predicted octanol–water partition coefficient (Wildman–Crippen LogP) is 2.50. The maximum absolute atomic E-state index is 12.9. The van der Waals surface area contributed by atoms with Gasteiger partial charge in [0.2, 0.25) is 0 Å². The van der Waals surface area contributed by atoms with Crippen LogP contribution in [0.5, 0.6) is 5.75 Å². The van der Waals surface area contributed by atoms with Crippen LogP contribution < -0.4 is 14.5 Å². The van der Waals surface area contributed by atoms with Gasteiger partial charge in [-0.3, -0.25) is 9.69 Å². The number of carbonyl (C=O) groups is 1. The van der Waals surface area contributed by atoms with Crippen LogP contribution in [0.25, 0.3) is 16.3 Å². The molecule has 5 nitrogen and oxygen atoms in total. The van der Waals surface area contributed by atoms with E-state index in [2.05, 4.69) is 14.1 Å². The predicted molar refractivity (Wildman–Crippen MR) is 112 cm³/mol. The minimum Gasteiger partial charge on any atom is -0.494 e. The van der Waals surface area contributed by atoms with Gasteiger partial charge in [-0.05, 0) is 23.8 Å². The molecule has 0 unspecified atom stereocenters. The molecule has 0 aliphatic heterocycles. The van der Waals surface area contributed by atoms with Crippen molar-refractivity contribution < 1.29 is 14.4 Å². The Kier molecular flexibility index (Phi) is 6.21. The summed E-state index contributed by atoms with van der Waals surface area (Å²) in [4.78, 5) is 20.6. The van der Waals surface area contributed by atoms with Gasteiger partial charge >= 0.3 is 0 Å². The van der Waals surface area contributed by atoms with Gasteiger partial charge in [-0.1, -0.05) is 47.7 Å². The quantitative estimate of drug-likeness (QED) is 0.639. The Balaban J connectivity index is 1.91. The molecule has 1 amide bonds. The number of hydrogen-bond acceptors (Lipinski definition) is 4. The van der Waals surface area contributed by atoms with E-state index >= 15 is 0 Å². The summed E-state index contributed by atoms with van der Waals surface area (Å²) in [7, 11) is 5.78. The molecule has 3 aromatic rings. The van der Waals surface area contributed by atoms with E-state index < -0.39 is 0 Å². The first-order chi connectivity index (χ1) is 13.1. The molecule has 0 atom stereocenters. The van der Waals surface area contributed by atoms with Gasteiger partial charge in [-0.15, -0.1) is 0 Å². The smallest absolute Gasteiger partial charge is 0.252 e. The van der Waals surface area contributed by atoms with Crippen LogP contribution in [0.3, 0.4) is 0 Å². The Morgan fingerprint density at radius 3 is 2.67 bits per heavy atom. The third-order valence-electron chi connectivity index (χ3n) is 4.14. The van der Waals surface area contributed by atoms with Crippen molar-refractivity contribution in [3.8, 4) is 5.75 Å². The zero-order chi connectivity index (χ0) is 19.2. The Hall–Kier alpha value is -2.70. The Morgan fingerprint density at radius 1 is 1.19 bits per heavy atom. The van der Waals surface area contributed by atoms with Gasteiger partial charge in [-0.25, -0.2) is 4.98 Å². The molecular weight excluding hydrogens is 358 g/mol. The second-order valence-electron chi connectivity index (χ2n) is 6.49. The van der Waals surface area contributed by atoms with Gasteiger partial charge in [0, 0.05) is 6.08 Å². The lowest BCUT2D eigenvalue weighted by molar-refractivity contribution is -0.856. The number of benzene rings is 2. The minimum atomic E-state index is -0.0712. The molecule has 2 aromatic carbocycles. The van der Waals surface area contributed by atoms with Gasteiger partial charge in [-0.2, -0.15) is 0 Å². The van der Waals surface area contributed by atoms with Crippen LogP contribution in [0.2, 0.25) is 0 Å². The van der Waals surface area contributed by atoms with Crippen LogP contribution in [-0.2, 0) is 4.79 Å². The number of likely N-dealkylation sites (N-methyl/N-ethyl adjacent to an activating group) is 1. The summed E-state index contributed by atoms with van der Waals surface area (Å²) in [5, 5.41) is 0.693. The number of ether oxygens (including phenoxy) is 1. The molecule has 27 heavy (non-hydrogen) atoms. The van der Waals surface area contributed by atoms with E-state index in [1.807, 2.05) is 54.6 Å². The molecule has 0 aliphatic rings. The molecular formula is C21H24N3O2S+. The van der Waals surface area contributed by atoms with Crippen molar-refractivity contribution in [1.82, 2.24) is 4.98 Å². The standard InChI is InChI=1S/C21H23N3O2S/c1-23(2)14-15-24(19(25)13-12-16-8-5-4-6-9-16)21-22-20-17(26-3)10-7-11-18(20)27-21/h4-13H,14-15H2,1-3H3/p+1/b13-12+. The molecule has 140 valence electrons. The van der Waals surface area contributed by atoms with Crippen molar-refractivity contribution in [3.63, 3.8) is 0 Å². The fraction of sp³-hybridized carbons (Fsp3) is 0.238. The minimum absolute atomic E-state index is 0.0712. The molecule has 6 heteroatoms. The number of methoxy groups -OCH3 is 1. The van der Waals surface area contributed by atoms with Crippen LogP contribution in [0, 0.1) is 0 Å². The third kappa shape index (κ3) is 4.72. The molecule has 0 spiro atoms. The Bertz CT molecular complexity index is 935. The van der Waals surface area contributed by atoms with Crippen molar-refractivity contribution >= 4 is 38.7 Å². The number of hydrogen-bond donors (Lipinski definition) is 1. The van der Waals surface area contributed by atoms with Gasteiger partial charge in [0.25, 0.3) is 5.91 Å². The highest BCUT2D eigenvalue weighted by Crippen LogP contribution is 2.34. The molecule has 3 rings (SSSR count). The molecule has 0 aliphatic carbocycles. The number of amides is 1. The summed E-state index contributed by atoms with van der Waals surface area (Å²) in [6.07, 6.45) is 3.45. The molecule has 0 bridgehead atoms. The topological polar surface area (TPSA) is 46.9 Å².